The van der Waals surface area contributed by atoms with Gasteiger partial charge in [0.1, 0.15) is 0 Å². The molecule has 0 aliphatic carbocycles. The Morgan fingerprint density at radius 2 is 1.27 bits per heavy atom. The quantitative estimate of drug-likeness (QED) is 0.403. The molecule has 0 aromatic carbocycles. The number of rotatable bonds is 1. The molecule has 1 amide bonds. The fourth-order valence-electron chi connectivity index (χ4n) is 0. The average Bonchev–Trinajstić information content (AvgIpc) is 1.82. The van der Waals surface area contributed by atoms with Crippen molar-refractivity contribution < 1.29 is 74.5 Å². The summed E-state index contributed by atoms with van der Waals surface area (Å²) in [5.74, 6) is 0. The predicted molar refractivity (Wildman–Crippen MR) is 46.6 cm³/mol. The summed E-state index contributed by atoms with van der Waals surface area (Å²) in [6.45, 7) is 1.23. The third-order valence-corrected chi connectivity index (χ3v) is 0.211. The molecular formula is C8H17F3KNO2. The molecule has 0 unspecified atom stereocenters. The summed E-state index contributed by atoms with van der Waals surface area (Å²) < 4.78 is 29.0. The van der Waals surface area contributed by atoms with E-state index in [1.54, 1.807) is 34.9 Å². The third-order valence-electron chi connectivity index (χ3n) is 0.211. The molecule has 3 nitrogen and oxygen atoms in total. The van der Waals surface area contributed by atoms with E-state index in [2.05, 4.69) is 0 Å². The summed E-state index contributed by atoms with van der Waals surface area (Å²) in [6.07, 6.45) is 0.750. The number of nitrogens with zero attached hydrogens (tertiary/aromatic N) is 1. The van der Waals surface area contributed by atoms with E-state index in [0.717, 1.165) is 6.41 Å². The summed E-state index contributed by atoms with van der Waals surface area (Å²) in [5, 5.41) is 10.1. The van der Waals surface area contributed by atoms with Gasteiger partial charge in [-0.15, -0.1) is 5.60 Å². The zero-order valence-corrected chi connectivity index (χ0v) is 13.2. The molecule has 0 aromatic heterocycles. The molecule has 0 bridgehead atoms. The second-order valence-electron chi connectivity index (χ2n) is 3.43. The van der Waals surface area contributed by atoms with Crippen LogP contribution in [-0.4, -0.2) is 37.7 Å². The van der Waals surface area contributed by atoms with Gasteiger partial charge in [0.2, 0.25) is 6.41 Å². The van der Waals surface area contributed by atoms with Gasteiger partial charge in [0.15, 0.2) is 0 Å². The molecular weight excluding hydrogens is 238 g/mol. The van der Waals surface area contributed by atoms with Crippen LogP contribution in [0.2, 0.25) is 0 Å². The number of hydrogen-bond donors (Lipinski definition) is 0. The van der Waals surface area contributed by atoms with Gasteiger partial charge in [0.05, 0.1) is 0 Å². The van der Waals surface area contributed by atoms with Crippen LogP contribution in [-0.2, 0) is 4.79 Å². The SMILES string of the molecule is CC(C)(C)[O-].CN(C)C=O.FC(F)F.[K+]. The normalized spacial score (nSPS) is 8.67. The maximum atomic E-state index is 10.1. The number of hydrogen-bond acceptors (Lipinski definition) is 2. The Morgan fingerprint density at radius 3 is 1.27 bits per heavy atom. The van der Waals surface area contributed by atoms with Crippen LogP contribution >= 0.6 is 0 Å². The van der Waals surface area contributed by atoms with E-state index in [-0.39, 0.29) is 51.4 Å². The van der Waals surface area contributed by atoms with E-state index in [0.29, 0.717) is 0 Å². The maximum absolute atomic E-state index is 10.1. The summed E-state index contributed by atoms with van der Waals surface area (Å²) >= 11 is 0. The topological polar surface area (TPSA) is 43.4 Å². The predicted octanol–water partition coefficient (Wildman–Crippen LogP) is -1.97. The van der Waals surface area contributed by atoms with Gasteiger partial charge < -0.3 is 10.0 Å². The Kier molecular flexibility index (Phi) is 24.7. The smallest absolute Gasteiger partial charge is 0.850 e. The number of carbonyl (C=O) groups excluding carboxylic acids is 1. The Bertz CT molecular complexity index is 121. The fourth-order valence-corrected chi connectivity index (χ4v) is 0. The molecule has 0 fully saturated rings. The van der Waals surface area contributed by atoms with E-state index in [9.17, 15) is 23.1 Å². The maximum Gasteiger partial charge on any atom is 1.00 e. The average molecular weight is 255 g/mol. The molecule has 0 saturated heterocycles. The minimum absolute atomic E-state index is 0. The third kappa shape index (κ3) is 301. The van der Waals surface area contributed by atoms with Crippen LogP contribution in [0.25, 0.3) is 0 Å². The molecule has 0 heterocycles. The first-order valence-corrected chi connectivity index (χ1v) is 3.75. The minimum Gasteiger partial charge on any atom is -0.850 e. The van der Waals surface area contributed by atoms with Crippen LogP contribution in [0.15, 0.2) is 0 Å². The number of alkyl halides is 3. The Balaban J connectivity index is -0.0000000590. The van der Waals surface area contributed by atoms with Crippen LogP contribution < -0.4 is 56.5 Å². The van der Waals surface area contributed by atoms with Gasteiger partial charge in [-0.1, -0.05) is 20.8 Å². The van der Waals surface area contributed by atoms with E-state index in [1.807, 2.05) is 0 Å². The second kappa shape index (κ2) is 14.9. The Morgan fingerprint density at radius 1 is 1.20 bits per heavy atom. The summed E-state index contributed by atoms with van der Waals surface area (Å²) in [4.78, 5) is 10.9. The van der Waals surface area contributed by atoms with E-state index < -0.39 is 12.3 Å². The molecule has 0 saturated carbocycles. The molecule has 0 rings (SSSR count). The molecule has 0 radical (unpaired) electrons. The summed E-state index contributed by atoms with van der Waals surface area (Å²) in [6, 6.07) is 0. The molecule has 0 aliphatic heterocycles. The molecule has 15 heavy (non-hydrogen) atoms. The first-order valence-electron chi connectivity index (χ1n) is 3.75. The van der Waals surface area contributed by atoms with Crippen molar-refractivity contribution in [2.75, 3.05) is 14.1 Å². The summed E-state index contributed by atoms with van der Waals surface area (Å²) in [5.41, 5.74) is -0.750. The van der Waals surface area contributed by atoms with E-state index in [4.69, 9.17) is 0 Å². The largest absolute Gasteiger partial charge is 1.00 e. The van der Waals surface area contributed by atoms with Crippen molar-refractivity contribution in [2.45, 2.75) is 33.1 Å². The Hall–Kier alpha value is 0.856. The van der Waals surface area contributed by atoms with Gasteiger partial charge in [-0.25, -0.2) is 0 Å². The zero-order chi connectivity index (χ0) is 12.4. The van der Waals surface area contributed by atoms with Crippen LogP contribution in [0.3, 0.4) is 0 Å². The standard InChI is InChI=1S/C4H9O.C3H7NO.CHF3.K/c1-4(2,3)5;1-4(2)3-5;2-1(3)4;/h1-3H3;3H,1-2H3;1H;/q-1;;;+1. The molecule has 0 atom stereocenters. The van der Waals surface area contributed by atoms with E-state index in [1.165, 1.54) is 4.90 Å². The van der Waals surface area contributed by atoms with Crippen LogP contribution in [0, 0.1) is 0 Å². The second-order valence-corrected chi connectivity index (χ2v) is 3.43. The molecule has 0 spiro atoms. The molecule has 0 aliphatic rings. The molecule has 0 aromatic rings. The van der Waals surface area contributed by atoms with Gasteiger partial charge >= 0.3 is 58.1 Å². The van der Waals surface area contributed by atoms with Crippen molar-refractivity contribution in [1.29, 1.82) is 0 Å². The van der Waals surface area contributed by atoms with Crippen molar-refractivity contribution in [3.8, 4) is 0 Å². The van der Waals surface area contributed by atoms with Crippen LogP contribution in [0.5, 0.6) is 0 Å². The number of halogens is 3. The molecule has 88 valence electrons. The number of carbonyl (C=O) groups is 1. The zero-order valence-electron chi connectivity index (χ0n) is 10.1. The van der Waals surface area contributed by atoms with Gasteiger partial charge in [0, 0.05) is 14.1 Å². The number of amides is 1. The fraction of sp³-hybridized carbons (Fsp3) is 0.875. The van der Waals surface area contributed by atoms with Gasteiger partial charge in [-0.05, 0) is 0 Å². The monoisotopic (exact) mass is 255 g/mol. The van der Waals surface area contributed by atoms with Gasteiger partial charge in [-0.3, -0.25) is 4.79 Å². The van der Waals surface area contributed by atoms with E-state index >= 15 is 0 Å². The molecule has 7 heteroatoms. The van der Waals surface area contributed by atoms with Crippen molar-refractivity contribution in [1.82, 2.24) is 4.90 Å². The minimum atomic E-state index is -3.67. The van der Waals surface area contributed by atoms with Crippen molar-refractivity contribution in [2.24, 2.45) is 0 Å². The van der Waals surface area contributed by atoms with Crippen LogP contribution in [0.1, 0.15) is 20.8 Å². The Labute approximate surface area is 131 Å². The molecule has 0 N–H and O–H groups in total. The first kappa shape index (κ1) is 24.9. The van der Waals surface area contributed by atoms with Gasteiger partial charge in [0.25, 0.3) is 0 Å². The van der Waals surface area contributed by atoms with Crippen molar-refractivity contribution in [3.05, 3.63) is 0 Å². The first-order chi connectivity index (χ1) is 6.00. The van der Waals surface area contributed by atoms with Crippen molar-refractivity contribution >= 4 is 6.41 Å². The van der Waals surface area contributed by atoms with Crippen LogP contribution in [0.4, 0.5) is 13.2 Å². The van der Waals surface area contributed by atoms with Crippen molar-refractivity contribution in [3.63, 3.8) is 0 Å². The van der Waals surface area contributed by atoms with Gasteiger partial charge in [-0.2, -0.15) is 13.2 Å². The summed E-state index contributed by atoms with van der Waals surface area (Å²) in [7, 11) is 3.38.